The molecule has 2 N–H and O–H groups in total. The number of ether oxygens (including phenoxy) is 1. The molecule has 1 heterocycles. The van der Waals surface area contributed by atoms with Crippen molar-refractivity contribution in [2.45, 2.75) is 32.3 Å². The summed E-state index contributed by atoms with van der Waals surface area (Å²) in [5.41, 5.74) is 0. The van der Waals surface area contributed by atoms with Gasteiger partial charge in [0.25, 0.3) is 0 Å². The van der Waals surface area contributed by atoms with Crippen molar-refractivity contribution in [3.63, 3.8) is 0 Å². The number of nitrogens with zero attached hydrogens (tertiary/aromatic N) is 1. The summed E-state index contributed by atoms with van der Waals surface area (Å²) in [4.78, 5) is 24.9. The summed E-state index contributed by atoms with van der Waals surface area (Å²) in [6.45, 7) is 4.74. The van der Waals surface area contributed by atoms with E-state index in [9.17, 15) is 9.59 Å². The van der Waals surface area contributed by atoms with Crippen LogP contribution in [0, 0.1) is 11.8 Å². The molecule has 1 aliphatic carbocycles. The lowest BCUT2D eigenvalue weighted by molar-refractivity contribution is -0.142. The van der Waals surface area contributed by atoms with Crippen molar-refractivity contribution in [2.24, 2.45) is 11.8 Å². The van der Waals surface area contributed by atoms with Gasteiger partial charge in [0, 0.05) is 13.1 Å². The molecule has 114 valence electrons. The second-order valence-electron chi connectivity index (χ2n) is 5.79. The molecular weight excluding hydrogens is 260 g/mol. The Hall–Kier alpha value is -1.14. The van der Waals surface area contributed by atoms with E-state index in [1.807, 2.05) is 11.8 Å². The van der Waals surface area contributed by atoms with Crippen molar-refractivity contribution in [1.82, 2.24) is 10.2 Å². The molecule has 6 heteroatoms. The zero-order valence-electron chi connectivity index (χ0n) is 12.0. The minimum atomic E-state index is -0.706. The van der Waals surface area contributed by atoms with Gasteiger partial charge in [-0.1, -0.05) is 6.42 Å². The van der Waals surface area contributed by atoms with Gasteiger partial charge in [0.05, 0.1) is 25.2 Å². The third kappa shape index (κ3) is 3.93. The maximum atomic E-state index is 12.0. The molecule has 0 spiro atoms. The summed E-state index contributed by atoms with van der Waals surface area (Å²) in [6, 6.07) is 0. The van der Waals surface area contributed by atoms with Gasteiger partial charge < -0.3 is 20.1 Å². The SMILES string of the molecule is CC1CN(C(=O)CNCC2CCCC2C(=O)O)CCO1. The highest BCUT2D eigenvalue weighted by Gasteiger charge is 2.32. The quantitative estimate of drug-likeness (QED) is 0.760. The van der Waals surface area contributed by atoms with E-state index < -0.39 is 5.97 Å². The number of morpholine rings is 1. The van der Waals surface area contributed by atoms with Crippen LogP contribution in [0.25, 0.3) is 0 Å². The molecule has 20 heavy (non-hydrogen) atoms. The largest absolute Gasteiger partial charge is 0.481 e. The Morgan fingerprint density at radius 1 is 1.40 bits per heavy atom. The van der Waals surface area contributed by atoms with Crippen molar-refractivity contribution in [3.8, 4) is 0 Å². The Kier molecular flexibility index (Phi) is 5.37. The molecule has 1 saturated heterocycles. The molecule has 1 aliphatic heterocycles. The highest BCUT2D eigenvalue weighted by molar-refractivity contribution is 5.78. The van der Waals surface area contributed by atoms with Gasteiger partial charge in [-0.25, -0.2) is 0 Å². The minimum absolute atomic E-state index is 0.0741. The first-order valence-corrected chi connectivity index (χ1v) is 7.41. The Labute approximate surface area is 119 Å². The van der Waals surface area contributed by atoms with E-state index in [4.69, 9.17) is 9.84 Å². The molecule has 0 aromatic rings. The topological polar surface area (TPSA) is 78.9 Å². The predicted octanol–water partition coefficient (Wildman–Crippen LogP) is 0.324. The second-order valence-corrected chi connectivity index (χ2v) is 5.79. The van der Waals surface area contributed by atoms with Crippen LogP contribution < -0.4 is 5.32 Å². The fraction of sp³-hybridized carbons (Fsp3) is 0.857. The molecule has 2 aliphatic rings. The Morgan fingerprint density at radius 3 is 2.90 bits per heavy atom. The summed E-state index contributed by atoms with van der Waals surface area (Å²) in [5, 5.41) is 12.2. The number of nitrogens with one attached hydrogen (secondary N) is 1. The molecule has 2 fully saturated rings. The van der Waals surface area contributed by atoms with Crippen molar-refractivity contribution < 1.29 is 19.4 Å². The average Bonchev–Trinajstić information content (AvgIpc) is 2.87. The van der Waals surface area contributed by atoms with Gasteiger partial charge in [0.1, 0.15) is 0 Å². The Morgan fingerprint density at radius 2 is 2.20 bits per heavy atom. The highest BCUT2D eigenvalue weighted by Crippen LogP contribution is 2.31. The third-order valence-electron chi connectivity index (χ3n) is 4.25. The maximum Gasteiger partial charge on any atom is 0.306 e. The van der Waals surface area contributed by atoms with E-state index in [2.05, 4.69) is 5.32 Å². The number of rotatable bonds is 5. The zero-order valence-corrected chi connectivity index (χ0v) is 12.0. The predicted molar refractivity (Wildman–Crippen MR) is 73.3 cm³/mol. The van der Waals surface area contributed by atoms with Crippen LogP contribution in [0.15, 0.2) is 0 Å². The van der Waals surface area contributed by atoms with E-state index in [1.165, 1.54) is 0 Å². The van der Waals surface area contributed by atoms with Crippen molar-refractivity contribution in [1.29, 1.82) is 0 Å². The summed E-state index contributed by atoms with van der Waals surface area (Å²) < 4.78 is 5.40. The second kappa shape index (κ2) is 7.04. The van der Waals surface area contributed by atoms with E-state index in [0.717, 1.165) is 19.3 Å². The summed E-state index contributed by atoms with van der Waals surface area (Å²) in [7, 11) is 0. The monoisotopic (exact) mass is 284 g/mol. The number of carboxylic acid groups (broad SMARTS) is 1. The van der Waals surface area contributed by atoms with Crippen molar-refractivity contribution in [3.05, 3.63) is 0 Å². The lowest BCUT2D eigenvalue weighted by Crippen LogP contribution is -2.48. The van der Waals surface area contributed by atoms with Gasteiger partial charge in [0.2, 0.25) is 5.91 Å². The number of carboxylic acids is 1. The molecular formula is C14H24N2O4. The van der Waals surface area contributed by atoms with Gasteiger partial charge in [0.15, 0.2) is 0 Å². The van der Waals surface area contributed by atoms with E-state index in [-0.39, 0.29) is 30.4 Å². The van der Waals surface area contributed by atoms with Crippen LogP contribution >= 0.6 is 0 Å². The van der Waals surface area contributed by atoms with Gasteiger partial charge in [-0.05, 0) is 32.2 Å². The van der Waals surface area contributed by atoms with Gasteiger partial charge >= 0.3 is 5.97 Å². The standard InChI is InChI=1S/C14H24N2O4/c1-10-9-16(5-6-20-10)13(17)8-15-7-11-3-2-4-12(11)14(18)19/h10-12,15H,2-9H2,1H3,(H,18,19). The van der Waals surface area contributed by atoms with Crippen LogP contribution in [0.5, 0.6) is 0 Å². The summed E-state index contributed by atoms with van der Waals surface area (Å²) >= 11 is 0. The van der Waals surface area contributed by atoms with Gasteiger partial charge in [-0.2, -0.15) is 0 Å². The smallest absolute Gasteiger partial charge is 0.306 e. The van der Waals surface area contributed by atoms with Crippen LogP contribution in [-0.4, -0.2) is 60.8 Å². The summed E-state index contributed by atoms with van der Waals surface area (Å²) in [6.07, 6.45) is 2.76. The molecule has 3 unspecified atom stereocenters. The fourth-order valence-corrected chi connectivity index (χ4v) is 3.13. The highest BCUT2D eigenvalue weighted by atomic mass is 16.5. The third-order valence-corrected chi connectivity index (χ3v) is 4.25. The number of carbonyl (C=O) groups is 2. The fourth-order valence-electron chi connectivity index (χ4n) is 3.13. The summed E-state index contributed by atoms with van der Waals surface area (Å²) in [5.74, 6) is -0.724. The van der Waals surface area contributed by atoms with Crippen LogP contribution in [0.1, 0.15) is 26.2 Å². The molecule has 2 rings (SSSR count). The average molecular weight is 284 g/mol. The van der Waals surface area contributed by atoms with E-state index >= 15 is 0 Å². The van der Waals surface area contributed by atoms with Crippen LogP contribution in [-0.2, 0) is 14.3 Å². The number of hydrogen-bond acceptors (Lipinski definition) is 4. The molecule has 0 aromatic carbocycles. The van der Waals surface area contributed by atoms with Gasteiger partial charge in [-0.3, -0.25) is 9.59 Å². The molecule has 3 atom stereocenters. The number of aliphatic carboxylic acids is 1. The molecule has 0 radical (unpaired) electrons. The lowest BCUT2D eigenvalue weighted by atomic mass is 9.96. The van der Waals surface area contributed by atoms with Crippen molar-refractivity contribution in [2.75, 3.05) is 32.8 Å². The Bertz CT molecular complexity index is 361. The maximum absolute atomic E-state index is 12.0. The minimum Gasteiger partial charge on any atom is -0.481 e. The molecule has 6 nitrogen and oxygen atoms in total. The normalized spacial score (nSPS) is 30.4. The first-order valence-electron chi connectivity index (χ1n) is 7.41. The molecule has 0 bridgehead atoms. The van der Waals surface area contributed by atoms with Crippen molar-refractivity contribution >= 4 is 11.9 Å². The van der Waals surface area contributed by atoms with Crippen LogP contribution in [0.2, 0.25) is 0 Å². The first-order chi connectivity index (χ1) is 9.58. The zero-order chi connectivity index (χ0) is 14.5. The Balaban J connectivity index is 1.70. The van der Waals surface area contributed by atoms with Crippen LogP contribution in [0.3, 0.4) is 0 Å². The number of amides is 1. The van der Waals surface area contributed by atoms with Crippen LogP contribution in [0.4, 0.5) is 0 Å². The molecule has 0 aromatic heterocycles. The molecule has 1 amide bonds. The van der Waals surface area contributed by atoms with E-state index in [1.54, 1.807) is 0 Å². The van der Waals surface area contributed by atoms with Gasteiger partial charge in [-0.15, -0.1) is 0 Å². The first kappa shape index (κ1) is 15.3. The van der Waals surface area contributed by atoms with E-state index in [0.29, 0.717) is 26.2 Å². The molecule has 1 saturated carbocycles. The lowest BCUT2D eigenvalue weighted by Gasteiger charge is -2.31. The number of carbonyl (C=O) groups excluding carboxylic acids is 1. The number of hydrogen-bond donors (Lipinski definition) is 2.